The zero-order chi connectivity index (χ0) is 12.7. The van der Waals surface area contributed by atoms with E-state index >= 15 is 0 Å². The van der Waals surface area contributed by atoms with Crippen LogP contribution in [0, 0.1) is 6.20 Å². The van der Waals surface area contributed by atoms with Gasteiger partial charge in [-0.05, 0) is 28.5 Å². The molecule has 0 saturated carbocycles. The molecule has 1 aromatic heterocycles. The summed E-state index contributed by atoms with van der Waals surface area (Å²) < 4.78 is 0. The first-order chi connectivity index (χ1) is 9.42. The zero-order valence-corrected chi connectivity index (χ0v) is 10.4. The highest BCUT2D eigenvalue weighted by Gasteiger charge is 2.06. The molecule has 1 heterocycles. The Labute approximate surface area is 111 Å². The van der Waals surface area contributed by atoms with Crippen LogP contribution in [0.4, 0.5) is 0 Å². The molecule has 1 heteroatoms. The van der Waals surface area contributed by atoms with E-state index in [1.807, 2.05) is 6.07 Å². The number of nitrogens with one attached hydrogen (secondary N) is 1. The molecular formula is C18H12N. The predicted octanol–water partition coefficient (Wildman–Crippen LogP) is 4.79. The van der Waals surface area contributed by atoms with Gasteiger partial charge in [0.05, 0.1) is 6.20 Å². The lowest BCUT2D eigenvalue weighted by molar-refractivity contribution is 1.45. The number of aromatic nitrogens is 1. The van der Waals surface area contributed by atoms with Crippen LogP contribution in [-0.2, 0) is 0 Å². The number of benzene rings is 3. The molecule has 0 saturated heterocycles. The van der Waals surface area contributed by atoms with E-state index in [9.17, 15) is 0 Å². The summed E-state index contributed by atoms with van der Waals surface area (Å²) in [5.74, 6) is 0. The number of H-pyrrole nitrogens is 1. The SMILES string of the molecule is [c]1[nH]c2ccccc2c1-c1ccc2ccccc2c1. The quantitative estimate of drug-likeness (QED) is 0.494. The Morgan fingerprint density at radius 1 is 0.737 bits per heavy atom. The van der Waals surface area contributed by atoms with Crippen molar-refractivity contribution in [2.24, 2.45) is 0 Å². The molecule has 0 unspecified atom stereocenters. The summed E-state index contributed by atoms with van der Waals surface area (Å²) in [6, 6.07) is 23.3. The van der Waals surface area contributed by atoms with Crippen LogP contribution in [0.25, 0.3) is 32.8 Å². The van der Waals surface area contributed by atoms with Crippen LogP contribution in [0.1, 0.15) is 0 Å². The van der Waals surface area contributed by atoms with Crippen LogP contribution < -0.4 is 0 Å². The molecule has 0 fully saturated rings. The normalized spacial score (nSPS) is 11.2. The van der Waals surface area contributed by atoms with Gasteiger partial charge in [0.1, 0.15) is 0 Å². The highest BCUT2D eigenvalue weighted by atomic mass is 14.7. The van der Waals surface area contributed by atoms with Crippen molar-refractivity contribution >= 4 is 21.7 Å². The molecule has 89 valence electrons. The molecule has 3 aromatic carbocycles. The van der Waals surface area contributed by atoms with Crippen molar-refractivity contribution in [3.05, 3.63) is 72.9 Å². The van der Waals surface area contributed by atoms with Crippen LogP contribution in [0.3, 0.4) is 0 Å². The molecule has 19 heavy (non-hydrogen) atoms. The molecule has 0 atom stereocenters. The summed E-state index contributed by atoms with van der Waals surface area (Å²) in [7, 11) is 0. The molecule has 0 bridgehead atoms. The van der Waals surface area contributed by atoms with Gasteiger partial charge in [0, 0.05) is 16.5 Å². The molecule has 0 aliphatic heterocycles. The summed E-state index contributed by atoms with van der Waals surface area (Å²) in [5, 5.41) is 3.75. The van der Waals surface area contributed by atoms with E-state index in [1.54, 1.807) is 0 Å². The van der Waals surface area contributed by atoms with Crippen molar-refractivity contribution in [2.45, 2.75) is 0 Å². The second-order valence-electron chi connectivity index (χ2n) is 4.73. The van der Waals surface area contributed by atoms with Crippen molar-refractivity contribution in [2.75, 3.05) is 0 Å². The van der Waals surface area contributed by atoms with Gasteiger partial charge < -0.3 is 4.98 Å². The highest BCUT2D eigenvalue weighted by molar-refractivity contribution is 5.97. The Morgan fingerprint density at radius 3 is 2.47 bits per heavy atom. The molecule has 1 radical (unpaired) electrons. The molecule has 0 spiro atoms. The highest BCUT2D eigenvalue weighted by Crippen LogP contribution is 2.30. The fourth-order valence-corrected chi connectivity index (χ4v) is 2.58. The number of hydrogen-bond donors (Lipinski definition) is 1. The van der Waals surface area contributed by atoms with Gasteiger partial charge >= 0.3 is 0 Å². The summed E-state index contributed by atoms with van der Waals surface area (Å²) in [5.41, 5.74) is 3.48. The van der Waals surface area contributed by atoms with E-state index < -0.39 is 0 Å². The third-order valence-corrected chi connectivity index (χ3v) is 3.56. The van der Waals surface area contributed by atoms with Crippen molar-refractivity contribution in [3.8, 4) is 11.1 Å². The van der Waals surface area contributed by atoms with Gasteiger partial charge in [0.25, 0.3) is 0 Å². The van der Waals surface area contributed by atoms with E-state index in [0.29, 0.717) is 0 Å². The lowest BCUT2D eigenvalue weighted by Gasteiger charge is -2.02. The third kappa shape index (κ3) is 1.63. The van der Waals surface area contributed by atoms with E-state index in [0.717, 1.165) is 11.1 Å². The number of hydrogen-bond acceptors (Lipinski definition) is 0. The van der Waals surface area contributed by atoms with Crippen molar-refractivity contribution in [1.29, 1.82) is 0 Å². The number of aromatic amines is 1. The maximum Gasteiger partial charge on any atom is 0.0716 e. The summed E-state index contributed by atoms with van der Waals surface area (Å²) in [4.78, 5) is 3.21. The first-order valence-electron chi connectivity index (χ1n) is 6.39. The predicted molar refractivity (Wildman–Crippen MR) is 80.1 cm³/mol. The van der Waals surface area contributed by atoms with Crippen molar-refractivity contribution in [3.63, 3.8) is 0 Å². The minimum atomic E-state index is 1.13. The molecule has 4 aromatic rings. The van der Waals surface area contributed by atoms with Crippen molar-refractivity contribution < 1.29 is 0 Å². The minimum Gasteiger partial charge on any atom is -0.353 e. The fraction of sp³-hybridized carbons (Fsp3) is 0. The topological polar surface area (TPSA) is 15.8 Å². The first kappa shape index (κ1) is 10.4. The monoisotopic (exact) mass is 242 g/mol. The first-order valence-corrected chi connectivity index (χ1v) is 6.39. The van der Waals surface area contributed by atoms with Gasteiger partial charge in [-0.15, -0.1) is 0 Å². The van der Waals surface area contributed by atoms with Crippen molar-refractivity contribution in [1.82, 2.24) is 4.98 Å². The smallest absolute Gasteiger partial charge is 0.0716 e. The van der Waals surface area contributed by atoms with Gasteiger partial charge in [0.15, 0.2) is 0 Å². The molecule has 0 aliphatic rings. The Kier molecular flexibility index (Phi) is 2.18. The molecule has 1 nitrogen and oxygen atoms in total. The zero-order valence-electron chi connectivity index (χ0n) is 10.4. The number of para-hydroxylation sites is 1. The summed E-state index contributed by atoms with van der Waals surface area (Å²) in [6.07, 6.45) is 3.27. The largest absolute Gasteiger partial charge is 0.353 e. The molecule has 1 N–H and O–H groups in total. The van der Waals surface area contributed by atoms with Crippen LogP contribution in [-0.4, -0.2) is 4.98 Å². The van der Waals surface area contributed by atoms with Gasteiger partial charge in [-0.2, -0.15) is 0 Å². The summed E-state index contributed by atoms with van der Waals surface area (Å²) in [6.45, 7) is 0. The lowest BCUT2D eigenvalue weighted by Crippen LogP contribution is -1.77. The van der Waals surface area contributed by atoms with E-state index in [2.05, 4.69) is 71.8 Å². The van der Waals surface area contributed by atoms with Crippen LogP contribution in [0.15, 0.2) is 66.7 Å². The second-order valence-corrected chi connectivity index (χ2v) is 4.73. The molecule has 4 rings (SSSR count). The molecule has 0 aliphatic carbocycles. The lowest BCUT2D eigenvalue weighted by atomic mass is 10.0. The average molecular weight is 242 g/mol. The van der Waals surface area contributed by atoms with E-state index in [1.165, 1.54) is 21.7 Å². The fourth-order valence-electron chi connectivity index (χ4n) is 2.58. The van der Waals surface area contributed by atoms with Gasteiger partial charge in [0.2, 0.25) is 0 Å². The van der Waals surface area contributed by atoms with Crippen LogP contribution >= 0.6 is 0 Å². The van der Waals surface area contributed by atoms with Gasteiger partial charge in [-0.1, -0.05) is 54.6 Å². The average Bonchev–Trinajstić information content (AvgIpc) is 2.91. The van der Waals surface area contributed by atoms with Crippen LogP contribution in [0.2, 0.25) is 0 Å². The summed E-state index contributed by atoms with van der Waals surface area (Å²) >= 11 is 0. The maximum atomic E-state index is 3.27. The number of fused-ring (bicyclic) bond motifs is 2. The Bertz CT molecular complexity index is 871. The Hall–Kier alpha value is -2.54. The Balaban J connectivity index is 1.99. The van der Waals surface area contributed by atoms with E-state index in [4.69, 9.17) is 0 Å². The Morgan fingerprint density at radius 2 is 1.53 bits per heavy atom. The molecular weight excluding hydrogens is 230 g/mol. The third-order valence-electron chi connectivity index (χ3n) is 3.56. The second kappa shape index (κ2) is 3.99. The van der Waals surface area contributed by atoms with Gasteiger partial charge in [-0.25, -0.2) is 0 Å². The minimum absolute atomic E-state index is 1.13. The molecule has 0 amide bonds. The standard InChI is InChI=1S/C18H12N/c1-2-6-14-11-15(10-9-13(14)5-1)17-12-19-18-8-4-3-7-16(17)18/h1-11,19H. The van der Waals surface area contributed by atoms with Crippen LogP contribution in [0.5, 0.6) is 0 Å². The maximum absolute atomic E-state index is 3.27. The number of rotatable bonds is 1. The van der Waals surface area contributed by atoms with Gasteiger partial charge in [-0.3, -0.25) is 0 Å². The van der Waals surface area contributed by atoms with E-state index in [-0.39, 0.29) is 0 Å².